The van der Waals surface area contributed by atoms with Crippen LogP contribution in [0.3, 0.4) is 0 Å². The van der Waals surface area contributed by atoms with Crippen molar-refractivity contribution >= 4 is 51.9 Å². The number of nitrogens with zero attached hydrogens (tertiary/aromatic N) is 3. The second-order valence-corrected chi connectivity index (χ2v) is 15.5. The van der Waals surface area contributed by atoms with Crippen molar-refractivity contribution in [3.8, 4) is 10.4 Å². The number of carbonyl (C=O) groups excluding carboxylic acids is 3. The number of pyridine rings is 1. The van der Waals surface area contributed by atoms with Crippen LogP contribution in [0.25, 0.3) is 10.4 Å². The van der Waals surface area contributed by atoms with Gasteiger partial charge in [-0.15, -0.1) is 11.3 Å². The number of anilines is 4. The van der Waals surface area contributed by atoms with Crippen LogP contribution in [0, 0.1) is 29.8 Å². The van der Waals surface area contributed by atoms with Crippen LogP contribution in [0.2, 0.25) is 0 Å². The maximum absolute atomic E-state index is 14.7. The molecule has 8 rings (SSSR count). The first kappa shape index (κ1) is 38.1. The van der Waals surface area contributed by atoms with E-state index in [1.54, 1.807) is 11.0 Å². The van der Waals surface area contributed by atoms with Gasteiger partial charge in [-0.2, -0.15) is 13.2 Å². The van der Waals surface area contributed by atoms with Crippen molar-refractivity contribution < 1.29 is 45.5 Å². The molecule has 0 radical (unpaired) electrons. The third-order valence-corrected chi connectivity index (χ3v) is 11.8. The van der Waals surface area contributed by atoms with Crippen LogP contribution in [-0.2, 0) is 17.3 Å². The molecule has 3 aliphatic rings. The molecule has 0 unspecified atom stereocenters. The molecule has 0 aliphatic carbocycles. The zero-order valence-electron chi connectivity index (χ0n) is 30.2. The van der Waals surface area contributed by atoms with Crippen molar-refractivity contribution in [2.45, 2.75) is 32.4 Å². The van der Waals surface area contributed by atoms with E-state index in [-0.39, 0.29) is 62.8 Å². The first-order valence-corrected chi connectivity index (χ1v) is 18.8. The lowest BCUT2D eigenvalue weighted by atomic mass is 9.73. The second-order valence-electron chi connectivity index (χ2n) is 14.4. The molecule has 0 bridgehead atoms. The third-order valence-electron chi connectivity index (χ3n) is 10.6. The SMILES string of the molecule is Cc1cc(F)cc(F)c1NC(=O)c1cc2c(s1)-c1ccc(F)cc1N(C(=O)c1ccc(NC(=O)c3ccc(C(F)(F)F)nc3N3CC4(CCOCC4)C3)cc1)CC2. The highest BCUT2D eigenvalue weighted by atomic mass is 32.1. The summed E-state index contributed by atoms with van der Waals surface area (Å²) < 4.78 is 89.3. The fourth-order valence-electron chi connectivity index (χ4n) is 7.58. The van der Waals surface area contributed by atoms with Gasteiger partial charge in [-0.05, 0) is 104 Å². The molecule has 2 saturated heterocycles. The van der Waals surface area contributed by atoms with Gasteiger partial charge in [0.15, 0.2) is 0 Å². The number of amides is 3. The minimum Gasteiger partial charge on any atom is -0.381 e. The van der Waals surface area contributed by atoms with E-state index in [0.29, 0.717) is 48.4 Å². The van der Waals surface area contributed by atoms with Crippen molar-refractivity contribution in [1.29, 1.82) is 0 Å². The van der Waals surface area contributed by atoms with Crippen LogP contribution in [0.4, 0.5) is 49.2 Å². The molecule has 5 aromatic rings. The van der Waals surface area contributed by atoms with E-state index in [1.165, 1.54) is 54.3 Å². The molecule has 3 aromatic carbocycles. The zero-order valence-corrected chi connectivity index (χ0v) is 31.1. The lowest BCUT2D eigenvalue weighted by molar-refractivity contribution is -0.141. The minimum absolute atomic E-state index is 0.0286. The van der Waals surface area contributed by atoms with Gasteiger partial charge in [0.2, 0.25) is 0 Å². The van der Waals surface area contributed by atoms with E-state index in [1.807, 2.05) is 0 Å². The number of halogens is 6. The summed E-state index contributed by atoms with van der Waals surface area (Å²) >= 11 is 1.09. The quantitative estimate of drug-likeness (QED) is 0.166. The van der Waals surface area contributed by atoms with Gasteiger partial charge in [-0.1, -0.05) is 0 Å². The van der Waals surface area contributed by atoms with Crippen molar-refractivity contribution in [2.24, 2.45) is 5.41 Å². The Balaban J connectivity index is 1.00. The van der Waals surface area contributed by atoms with Gasteiger partial charge in [0.05, 0.1) is 21.8 Å². The highest BCUT2D eigenvalue weighted by Crippen LogP contribution is 2.44. The first-order valence-electron chi connectivity index (χ1n) is 18.0. The van der Waals surface area contributed by atoms with Crippen LogP contribution in [0.15, 0.2) is 72.8 Å². The van der Waals surface area contributed by atoms with Gasteiger partial charge in [0.25, 0.3) is 17.7 Å². The predicted octanol–water partition coefficient (Wildman–Crippen LogP) is 8.88. The van der Waals surface area contributed by atoms with Crippen molar-refractivity contribution in [2.75, 3.05) is 53.3 Å². The number of hydrogen-bond acceptors (Lipinski definition) is 7. The minimum atomic E-state index is -4.70. The van der Waals surface area contributed by atoms with Gasteiger partial charge in [-0.25, -0.2) is 18.2 Å². The molecule has 294 valence electrons. The van der Waals surface area contributed by atoms with Crippen LogP contribution in [-0.4, -0.2) is 55.6 Å². The Bertz CT molecular complexity index is 2400. The lowest BCUT2D eigenvalue weighted by Gasteiger charge is -2.53. The summed E-state index contributed by atoms with van der Waals surface area (Å²) in [6.07, 6.45) is -2.88. The highest BCUT2D eigenvalue weighted by Gasteiger charge is 2.46. The molecule has 16 heteroatoms. The molecule has 0 saturated carbocycles. The van der Waals surface area contributed by atoms with Crippen LogP contribution in [0.1, 0.15) is 60.1 Å². The number of hydrogen-bond donors (Lipinski definition) is 2. The monoisotopic (exact) mass is 805 g/mol. The molecule has 2 fully saturated rings. The Morgan fingerprint density at radius 3 is 2.30 bits per heavy atom. The Kier molecular flexibility index (Phi) is 9.80. The number of nitrogens with one attached hydrogen (secondary N) is 2. The van der Waals surface area contributed by atoms with Crippen LogP contribution in [0.5, 0.6) is 0 Å². The lowest BCUT2D eigenvalue weighted by Crippen LogP contribution is -2.59. The van der Waals surface area contributed by atoms with Crippen molar-refractivity contribution in [3.05, 3.63) is 123 Å². The molecule has 2 aromatic heterocycles. The van der Waals surface area contributed by atoms with Gasteiger partial charge in [-0.3, -0.25) is 14.4 Å². The summed E-state index contributed by atoms with van der Waals surface area (Å²) in [7, 11) is 0. The average Bonchev–Trinajstić information content (AvgIpc) is 3.53. The largest absolute Gasteiger partial charge is 0.433 e. The Morgan fingerprint density at radius 1 is 0.860 bits per heavy atom. The Labute approximate surface area is 326 Å². The average molecular weight is 806 g/mol. The molecule has 9 nitrogen and oxygen atoms in total. The molecule has 3 aliphatic heterocycles. The number of ether oxygens (including phenoxy) is 1. The zero-order chi connectivity index (χ0) is 40.2. The molecular weight excluding hydrogens is 773 g/mol. The second kappa shape index (κ2) is 14.6. The van der Waals surface area contributed by atoms with Gasteiger partial charge < -0.3 is 25.2 Å². The summed E-state index contributed by atoms with van der Waals surface area (Å²) in [6, 6.07) is 15.2. The molecule has 3 amide bonds. The first-order chi connectivity index (χ1) is 27.2. The summed E-state index contributed by atoms with van der Waals surface area (Å²) in [5, 5.41) is 5.22. The van der Waals surface area contributed by atoms with E-state index < -0.39 is 47.0 Å². The van der Waals surface area contributed by atoms with E-state index in [2.05, 4.69) is 15.6 Å². The normalized spacial score (nSPS) is 16.0. The smallest absolute Gasteiger partial charge is 0.381 e. The summed E-state index contributed by atoms with van der Waals surface area (Å²) in [4.78, 5) is 48.6. The number of aromatic nitrogens is 1. The number of benzene rings is 3. The third kappa shape index (κ3) is 7.46. The fraction of sp³-hybridized carbons (Fsp3) is 0.268. The van der Waals surface area contributed by atoms with E-state index in [4.69, 9.17) is 4.74 Å². The number of thiophene rings is 1. The Morgan fingerprint density at radius 2 is 1.60 bits per heavy atom. The number of alkyl halides is 3. The van der Waals surface area contributed by atoms with E-state index >= 15 is 0 Å². The number of aryl methyl sites for hydroxylation is 1. The molecule has 2 N–H and O–H groups in total. The van der Waals surface area contributed by atoms with Gasteiger partial charge in [0, 0.05) is 66.0 Å². The number of fused-ring (bicyclic) bond motifs is 3. The molecule has 1 spiro atoms. The maximum atomic E-state index is 14.7. The summed E-state index contributed by atoms with van der Waals surface area (Å²) in [5.41, 5.74) is 0.799. The molecule has 57 heavy (non-hydrogen) atoms. The van der Waals surface area contributed by atoms with E-state index in [0.717, 1.165) is 42.4 Å². The van der Waals surface area contributed by atoms with Crippen molar-refractivity contribution in [1.82, 2.24) is 4.98 Å². The number of rotatable bonds is 6. The molecular formula is C41H33F6N5O4S. The van der Waals surface area contributed by atoms with E-state index in [9.17, 15) is 40.7 Å². The molecule has 5 heterocycles. The summed E-state index contributed by atoms with van der Waals surface area (Å²) in [6.45, 7) is 3.62. The van der Waals surface area contributed by atoms with Crippen LogP contribution < -0.4 is 20.4 Å². The topological polar surface area (TPSA) is 104 Å². The Hall–Kier alpha value is -5.74. The summed E-state index contributed by atoms with van der Waals surface area (Å²) in [5.74, 6) is -4.09. The highest BCUT2D eigenvalue weighted by molar-refractivity contribution is 7.17. The maximum Gasteiger partial charge on any atom is 0.433 e. The van der Waals surface area contributed by atoms with Crippen LogP contribution >= 0.6 is 11.3 Å². The van der Waals surface area contributed by atoms with Gasteiger partial charge in [0.1, 0.15) is 29.0 Å². The predicted molar refractivity (Wildman–Crippen MR) is 202 cm³/mol. The fourth-order valence-corrected chi connectivity index (χ4v) is 8.72. The van der Waals surface area contributed by atoms with Crippen molar-refractivity contribution in [3.63, 3.8) is 0 Å². The molecule has 0 atom stereocenters. The van der Waals surface area contributed by atoms with Gasteiger partial charge >= 0.3 is 6.18 Å². The number of carbonyl (C=O) groups is 3. The standard InChI is InChI=1S/C41H33F6N5O4S/c1-22-16-26(43)18-30(44)34(22)50-38(54)32-17-24-10-13-52(31-19-25(42)4-7-28(31)35(24)57-32)39(55)23-2-5-27(6-3-23)48-37(53)29-8-9-33(41(45,46)47)49-36(29)51-20-40(21-51)11-14-56-15-12-40/h2-9,16-19H,10-15,20-21H2,1H3,(H,48,53)(H,50,54).